The number of amides is 1. The fourth-order valence-corrected chi connectivity index (χ4v) is 2.26. The lowest BCUT2D eigenvalue weighted by Gasteiger charge is -2.20. The van der Waals surface area contributed by atoms with E-state index in [4.69, 9.17) is 4.74 Å². The molecule has 1 aliphatic heterocycles. The van der Waals surface area contributed by atoms with Crippen LogP contribution in [0.3, 0.4) is 0 Å². The second-order valence-electron chi connectivity index (χ2n) is 5.01. The summed E-state index contributed by atoms with van der Waals surface area (Å²) in [5.74, 6) is 0.790. The van der Waals surface area contributed by atoms with Crippen molar-refractivity contribution in [3.8, 4) is 0 Å². The molecule has 0 spiro atoms. The van der Waals surface area contributed by atoms with Crippen LogP contribution < -0.4 is 0 Å². The zero-order valence-corrected chi connectivity index (χ0v) is 12.5. The zero-order valence-electron chi connectivity index (χ0n) is 12.5. The van der Waals surface area contributed by atoms with E-state index in [0.29, 0.717) is 13.0 Å². The monoisotopic (exact) mass is 286 g/mol. The van der Waals surface area contributed by atoms with Crippen molar-refractivity contribution < 1.29 is 9.53 Å². The number of nitrogens with zero attached hydrogens (tertiary/aromatic N) is 2. The van der Waals surface area contributed by atoms with Gasteiger partial charge in [0, 0.05) is 32.1 Å². The number of ether oxygens (including phenoxy) is 1. The molecule has 0 atom stereocenters. The minimum Gasteiger partial charge on any atom is -0.484 e. The molecule has 1 aromatic carbocycles. The molecule has 0 aliphatic carbocycles. The summed E-state index contributed by atoms with van der Waals surface area (Å²) in [6.45, 7) is 2.22. The summed E-state index contributed by atoms with van der Waals surface area (Å²) in [5.41, 5.74) is 1.04. The minimum absolute atomic E-state index is 0.0520. The summed E-state index contributed by atoms with van der Waals surface area (Å²) >= 11 is 0. The summed E-state index contributed by atoms with van der Waals surface area (Å²) in [6, 6.07) is 9.86. The summed E-state index contributed by atoms with van der Waals surface area (Å²) in [5, 5.41) is 0. The third kappa shape index (κ3) is 5.06. The first-order chi connectivity index (χ1) is 10.3. The van der Waals surface area contributed by atoms with Crippen molar-refractivity contribution in [2.45, 2.75) is 19.3 Å². The molecule has 0 aromatic heterocycles. The molecule has 1 amide bonds. The second-order valence-corrected chi connectivity index (χ2v) is 5.01. The molecule has 1 aromatic rings. The number of hydrogen-bond donors (Lipinski definition) is 0. The normalized spacial score (nSPS) is 16.8. The molecule has 0 radical (unpaired) electrons. The summed E-state index contributed by atoms with van der Waals surface area (Å²) in [4.78, 5) is 18.6. The second kappa shape index (κ2) is 8.25. The number of carbonyl (C=O) groups is 1. The molecule has 21 heavy (non-hydrogen) atoms. The van der Waals surface area contributed by atoms with Crippen LogP contribution in [0.1, 0.15) is 24.8 Å². The molecular weight excluding hydrogens is 264 g/mol. The Balaban J connectivity index is 1.97. The third-order valence-electron chi connectivity index (χ3n) is 3.49. The molecule has 0 saturated heterocycles. The average molecular weight is 286 g/mol. The lowest BCUT2D eigenvalue weighted by atomic mass is 10.2. The Morgan fingerprint density at radius 1 is 1.24 bits per heavy atom. The molecule has 0 bridgehead atoms. The van der Waals surface area contributed by atoms with Gasteiger partial charge in [0.05, 0.1) is 7.11 Å². The van der Waals surface area contributed by atoms with Crippen molar-refractivity contribution in [3.05, 3.63) is 42.0 Å². The Morgan fingerprint density at radius 3 is 2.81 bits per heavy atom. The van der Waals surface area contributed by atoms with E-state index < -0.39 is 0 Å². The van der Waals surface area contributed by atoms with E-state index in [1.807, 2.05) is 41.3 Å². The molecular formula is C17H22N2O2. The van der Waals surface area contributed by atoms with Crippen LogP contribution in [0.5, 0.6) is 0 Å². The molecule has 4 nitrogen and oxygen atoms in total. The summed E-state index contributed by atoms with van der Waals surface area (Å²) in [7, 11) is 1.64. The van der Waals surface area contributed by atoms with E-state index in [0.717, 1.165) is 37.4 Å². The first kappa shape index (κ1) is 15.3. The highest BCUT2D eigenvalue weighted by atomic mass is 16.5. The van der Waals surface area contributed by atoms with Crippen LogP contribution >= 0.6 is 0 Å². The SMILES string of the molecule is COC1=NCCCCN(C(=O)/C=C/c2ccccc2)CC1. The van der Waals surface area contributed by atoms with E-state index in [1.165, 1.54) is 0 Å². The van der Waals surface area contributed by atoms with E-state index >= 15 is 0 Å². The van der Waals surface area contributed by atoms with Gasteiger partial charge in [-0.05, 0) is 24.5 Å². The number of carbonyl (C=O) groups excluding carboxylic acids is 1. The number of methoxy groups -OCH3 is 1. The van der Waals surface area contributed by atoms with Crippen molar-refractivity contribution in [2.75, 3.05) is 26.7 Å². The van der Waals surface area contributed by atoms with Crippen LogP contribution in [-0.2, 0) is 9.53 Å². The molecule has 0 unspecified atom stereocenters. The topological polar surface area (TPSA) is 41.9 Å². The fraction of sp³-hybridized carbons (Fsp3) is 0.412. The van der Waals surface area contributed by atoms with Crippen molar-refractivity contribution in [1.82, 2.24) is 4.90 Å². The predicted octanol–water partition coefficient (Wildman–Crippen LogP) is 2.76. The van der Waals surface area contributed by atoms with Crippen LogP contribution in [0.2, 0.25) is 0 Å². The standard InChI is InChI=1S/C17H22N2O2/c1-21-16-11-14-19(13-6-5-12-18-16)17(20)10-9-15-7-3-2-4-8-15/h2-4,7-10H,5-6,11-14H2,1H3/b10-9+,18-16?. The number of benzene rings is 1. The lowest BCUT2D eigenvalue weighted by Crippen LogP contribution is -2.32. The molecule has 112 valence electrons. The van der Waals surface area contributed by atoms with Gasteiger partial charge in [-0.3, -0.25) is 9.79 Å². The van der Waals surface area contributed by atoms with Crippen molar-refractivity contribution >= 4 is 17.9 Å². The molecule has 0 saturated carbocycles. The van der Waals surface area contributed by atoms with Gasteiger partial charge >= 0.3 is 0 Å². The molecule has 1 heterocycles. The van der Waals surface area contributed by atoms with Crippen LogP contribution in [0.15, 0.2) is 41.4 Å². The van der Waals surface area contributed by atoms with Gasteiger partial charge in [-0.2, -0.15) is 0 Å². The van der Waals surface area contributed by atoms with Gasteiger partial charge in [-0.25, -0.2) is 0 Å². The van der Waals surface area contributed by atoms with Gasteiger partial charge in [0.2, 0.25) is 5.91 Å². The Labute approximate surface area is 126 Å². The summed E-state index contributed by atoms with van der Waals surface area (Å²) < 4.78 is 5.23. The quantitative estimate of drug-likeness (QED) is 0.784. The fourth-order valence-electron chi connectivity index (χ4n) is 2.26. The largest absolute Gasteiger partial charge is 0.484 e. The predicted molar refractivity (Wildman–Crippen MR) is 85.2 cm³/mol. The van der Waals surface area contributed by atoms with Gasteiger partial charge in [-0.15, -0.1) is 0 Å². The molecule has 0 fully saturated rings. The van der Waals surface area contributed by atoms with Crippen molar-refractivity contribution in [3.63, 3.8) is 0 Å². The maximum Gasteiger partial charge on any atom is 0.246 e. The lowest BCUT2D eigenvalue weighted by molar-refractivity contribution is -0.126. The molecule has 2 rings (SSSR count). The Hall–Kier alpha value is -2.10. The maximum absolute atomic E-state index is 12.3. The van der Waals surface area contributed by atoms with Crippen molar-refractivity contribution in [1.29, 1.82) is 0 Å². The number of hydrogen-bond acceptors (Lipinski definition) is 3. The zero-order chi connectivity index (χ0) is 14.9. The van der Waals surface area contributed by atoms with E-state index in [2.05, 4.69) is 4.99 Å². The molecule has 1 aliphatic rings. The first-order valence-corrected chi connectivity index (χ1v) is 7.39. The average Bonchev–Trinajstić information content (AvgIpc) is 2.65. The van der Waals surface area contributed by atoms with E-state index in [1.54, 1.807) is 13.2 Å². The van der Waals surface area contributed by atoms with E-state index in [-0.39, 0.29) is 5.91 Å². The number of rotatable bonds is 2. The minimum atomic E-state index is 0.0520. The Morgan fingerprint density at radius 2 is 2.05 bits per heavy atom. The van der Waals surface area contributed by atoms with Gasteiger partial charge in [-0.1, -0.05) is 30.3 Å². The maximum atomic E-state index is 12.3. The van der Waals surface area contributed by atoms with Crippen LogP contribution in [-0.4, -0.2) is 43.4 Å². The van der Waals surface area contributed by atoms with Crippen LogP contribution in [0, 0.1) is 0 Å². The highest BCUT2D eigenvalue weighted by Crippen LogP contribution is 2.07. The van der Waals surface area contributed by atoms with Gasteiger partial charge < -0.3 is 9.64 Å². The Bertz CT molecular complexity index is 509. The Kier molecular flexibility index (Phi) is 6.00. The van der Waals surface area contributed by atoms with Gasteiger partial charge in [0.15, 0.2) is 5.90 Å². The molecule has 4 heteroatoms. The number of aliphatic imine (C=N–C) groups is 1. The first-order valence-electron chi connectivity index (χ1n) is 7.39. The molecule has 0 N–H and O–H groups in total. The smallest absolute Gasteiger partial charge is 0.246 e. The summed E-state index contributed by atoms with van der Waals surface area (Å²) in [6.07, 6.45) is 6.16. The third-order valence-corrected chi connectivity index (χ3v) is 3.49. The van der Waals surface area contributed by atoms with E-state index in [9.17, 15) is 4.79 Å². The highest BCUT2D eigenvalue weighted by Gasteiger charge is 2.13. The van der Waals surface area contributed by atoms with Crippen LogP contribution in [0.25, 0.3) is 6.08 Å². The van der Waals surface area contributed by atoms with Gasteiger partial charge in [0.25, 0.3) is 0 Å². The highest BCUT2D eigenvalue weighted by molar-refractivity contribution is 5.92. The van der Waals surface area contributed by atoms with Crippen molar-refractivity contribution in [2.24, 2.45) is 4.99 Å². The van der Waals surface area contributed by atoms with Crippen LogP contribution in [0.4, 0.5) is 0 Å². The van der Waals surface area contributed by atoms with Gasteiger partial charge in [0.1, 0.15) is 0 Å².